The molecule has 0 heterocycles. The maximum atomic E-state index is 10.9. The predicted molar refractivity (Wildman–Crippen MR) is 131 cm³/mol. The second-order valence-electron chi connectivity index (χ2n) is 14.5. The molecule has 4 saturated carbocycles. The molecule has 0 aromatic carbocycles. The Kier molecular flexibility index (Phi) is 4.98. The van der Waals surface area contributed by atoms with Gasteiger partial charge in [0.2, 0.25) is 0 Å². The Balaban J connectivity index is 1.57. The van der Waals surface area contributed by atoms with Gasteiger partial charge in [0, 0.05) is 0 Å². The van der Waals surface area contributed by atoms with E-state index in [-0.39, 0.29) is 11.5 Å². The minimum atomic E-state index is -0.127. The van der Waals surface area contributed by atoms with Crippen molar-refractivity contribution in [3.05, 3.63) is 11.6 Å². The van der Waals surface area contributed by atoms with Crippen molar-refractivity contribution >= 4 is 0 Å². The SMILES string of the molecule is C[C@H]1[C@H](C)CC[C@]2(C)CC[C@]3(C)C(=CC[C@H]4[C@@H]5[C@H](C)C[C@H](O)C(C)(C)[C@H]5CC[C@]43C)[C@@H]12. The van der Waals surface area contributed by atoms with Gasteiger partial charge in [0.05, 0.1) is 6.10 Å². The number of fused-ring (bicyclic) bond motifs is 7. The Labute approximate surface area is 192 Å². The van der Waals surface area contributed by atoms with E-state index in [0.29, 0.717) is 28.1 Å². The summed E-state index contributed by atoms with van der Waals surface area (Å²) in [6, 6.07) is 0. The van der Waals surface area contributed by atoms with Gasteiger partial charge in [-0.15, -0.1) is 0 Å². The molecule has 176 valence electrons. The molecule has 31 heavy (non-hydrogen) atoms. The Morgan fingerprint density at radius 1 is 0.839 bits per heavy atom. The topological polar surface area (TPSA) is 20.2 Å². The number of hydrogen-bond acceptors (Lipinski definition) is 1. The standard InChI is InChI=1S/C30H50O/c1-18-11-13-28(6)15-16-30(8)23(26(28)20(18)3)10-9-22-25-19(2)17-24(31)27(4,5)21(25)12-14-29(22,30)7/h10,18-22,24-26,31H,9,11-17H2,1-8H3/t18-,19-,20+,21+,22+,24+,25-,26-,28-,29-,30-/m1/s1. The third kappa shape index (κ3) is 2.77. The first kappa shape index (κ1) is 22.5. The second-order valence-corrected chi connectivity index (χ2v) is 14.5. The smallest absolute Gasteiger partial charge is 0.0596 e. The number of aliphatic hydroxyl groups excluding tert-OH is 1. The van der Waals surface area contributed by atoms with Crippen molar-refractivity contribution in [3.63, 3.8) is 0 Å². The highest BCUT2D eigenvalue weighted by atomic mass is 16.3. The lowest BCUT2D eigenvalue weighted by atomic mass is 9.35. The Hall–Kier alpha value is -0.300. The maximum Gasteiger partial charge on any atom is 0.0596 e. The predicted octanol–water partition coefficient (Wildman–Crippen LogP) is 7.88. The normalized spacial score (nSPS) is 58.3. The van der Waals surface area contributed by atoms with Crippen molar-refractivity contribution in [3.8, 4) is 0 Å². The summed E-state index contributed by atoms with van der Waals surface area (Å²) in [5, 5.41) is 10.9. The van der Waals surface area contributed by atoms with Gasteiger partial charge in [-0.25, -0.2) is 0 Å². The van der Waals surface area contributed by atoms with Crippen molar-refractivity contribution in [2.75, 3.05) is 0 Å². The average Bonchev–Trinajstić information content (AvgIpc) is 2.70. The van der Waals surface area contributed by atoms with E-state index in [4.69, 9.17) is 0 Å². The molecule has 1 N–H and O–H groups in total. The number of allylic oxidation sites excluding steroid dienone is 2. The molecule has 5 aliphatic rings. The van der Waals surface area contributed by atoms with Gasteiger partial charge in [0.15, 0.2) is 0 Å². The van der Waals surface area contributed by atoms with Gasteiger partial charge >= 0.3 is 0 Å². The van der Waals surface area contributed by atoms with Crippen LogP contribution >= 0.6 is 0 Å². The van der Waals surface area contributed by atoms with Gasteiger partial charge in [-0.2, -0.15) is 0 Å². The number of aliphatic hydroxyl groups is 1. The molecule has 11 atom stereocenters. The van der Waals surface area contributed by atoms with Crippen LogP contribution < -0.4 is 0 Å². The Morgan fingerprint density at radius 3 is 2.26 bits per heavy atom. The fourth-order valence-corrected chi connectivity index (χ4v) is 10.5. The summed E-state index contributed by atoms with van der Waals surface area (Å²) in [5.41, 5.74) is 3.28. The molecule has 0 aromatic rings. The van der Waals surface area contributed by atoms with Crippen LogP contribution in [0.2, 0.25) is 0 Å². The summed E-state index contributed by atoms with van der Waals surface area (Å²) >= 11 is 0. The summed E-state index contributed by atoms with van der Waals surface area (Å²) in [4.78, 5) is 0. The third-order valence-electron chi connectivity index (χ3n) is 13.2. The van der Waals surface area contributed by atoms with Crippen molar-refractivity contribution < 1.29 is 5.11 Å². The van der Waals surface area contributed by atoms with Crippen molar-refractivity contribution in [2.45, 2.75) is 113 Å². The monoisotopic (exact) mass is 426 g/mol. The third-order valence-corrected chi connectivity index (χ3v) is 13.2. The molecule has 0 spiro atoms. The first-order chi connectivity index (χ1) is 14.4. The zero-order valence-corrected chi connectivity index (χ0v) is 21.8. The molecule has 0 radical (unpaired) electrons. The molecule has 0 amide bonds. The first-order valence-corrected chi connectivity index (χ1v) is 13.8. The summed E-state index contributed by atoms with van der Waals surface area (Å²) in [5.74, 6) is 5.40. The van der Waals surface area contributed by atoms with E-state index in [2.05, 4.69) is 61.5 Å². The highest BCUT2D eigenvalue weighted by molar-refractivity contribution is 5.33. The van der Waals surface area contributed by atoms with Crippen LogP contribution in [0.15, 0.2) is 11.6 Å². The quantitative estimate of drug-likeness (QED) is 0.390. The van der Waals surface area contributed by atoms with Crippen LogP contribution in [0.3, 0.4) is 0 Å². The molecule has 4 fully saturated rings. The molecule has 0 saturated heterocycles. The van der Waals surface area contributed by atoms with Crippen LogP contribution in [0.5, 0.6) is 0 Å². The summed E-state index contributed by atoms with van der Waals surface area (Å²) in [7, 11) is 0. The minimum Gasteiger partial charge on any atom is -0.393 e. The van der Waals surface area contributed by atoms with E-state index in [9.17, 15) is 5.11 Å². The summed E-state index contributed by atoms with van der Waals surface area (Å²) in [6.07, 6.45) is 13.4. The zero-order valence-electron chi connectivity index (χ0n) is 21.8. The van der Waals surface area contributed by atoms with Crippen molar-refractivity contribution in [1.82, 2.24) is 0 Å². The van der Waals surface area contributed by atoms with Gasteiger partial charge in [-0.3, -0.25) is 0 Å². The molecule has 1 nitrogen and oxygen atoms in total. The van der Waals surface area contributed by atoms with Crippen LogP contribution in [0.4, 0.5) is 0 Å². The van der Waals surface area contributed by atoms with Crippen LogP contribution in [0.1, 0.15) is 107 Å². The van der Waals surface area contributed by atoms with Crippen LogP contribution in [0, 0.1) is 63.1 Å². The molecule has 0 bridgehead atoms. The Bertz CT molecular complexity index is 764. The summed E-state index contributed by atoms with van der Waals surface area (Å²) < 4.78 is 0. The van der Waals surface area contributed by atoms with Gasteiger partial charge < -0.3 is 5.11 Å². The second kappa shape index (κ2) is 6.86. The molecule has 0 unspecified atom stereocenters. The molecular formula is C30H50O. The van der Waals surface area contributed by atoms with Gasteiger partial charge in [0.25, 0.3) is 0 Å². The van der Waals surface area contributed by atoms with Crippen LogP contribution in [0.25, 0.3) is 0 Å². The summed E-state index contributed by atoms with van der Waals surface area (Å²) in [6.45, 7) is 20.4. The highest BCUT2D eigenvalue weighted by Gasteiger charge is 2.65. The zero-order chi connectivity index (χ0) is 22.6. The van der Waals surface area contributed by atoms with E-state index in [1.165, 1.54) is 44.9 Å². The largest absolute Gasteiger partial charge is 0.393 e. The van der Waals surface area contributed by atoms with Crippen molar-refractivity contribution in [2.24, 2.45) is 63.1 Å². The van der Waals surface area contributed by atoms with Gasteiger partial charge in [0.1, 0.15) is 0 Å². The van der Waals surface area contributed by atoms with Gasteiger partial charge in [-0.05, 0) is 114 Å². The van der Waals surface area contributed by atoms with Crippen LogP contribution in [-0.4, -0.2) is 11.2 Å². The molecule has 1 heteroatoms. The molecule has 5 aliphatic carbocycles. The van der Waals surface area contributed by atoms with Gasteiger partial charge in [-0.1, -0.05) is 67.0 Å². The molecule has 0 aromatic heterocycles. The maximum absolute atomic E-state index is 10.9. The van der Waals surface area contributed by atoms with Crippen molar-refractivity contribution in [1.29, 1.82) is 0 Å². The Morgan fingerprint density at radius 2 is 1.55 bits per heavy atom. The first-order valence-electron chi connectivity index (χ1n) is 13.8. The van der Waals surface area contributed by atoms with E-state index < -0.39 is 0 Å². The van der Waals surface area contributed by atoms with E-state index in [1.54, 1.807) is 0 Å². The molecule has 0 aliphatic heterocycles. The number of rotatable bonds is 0. The van der Waals surface area contributed by atoms with E-state index in [0.717, 1.165) is 36.0 Å². The average molecular weight is 427 g/mol. The number of hydrogen-bond donors (Lipinski definition) is 1. The minimum absolute atomic E-state index is 0.0713. The molecule has 5 rings (SSSR count). The van der Waals surface area contributed by atoms with E-state index in [1.807, 2.05) is 5.57 Å². The fraction of sp³-hybridized carbons (Fsp3) is 0.933. The lowest BCUT2D eigenvalue weighted by Crippen LogP contribution is -2.62. The highest BCUT2D eigenvalue weighted by Crippen LogP contribution is 2.73. The lowest BCUT2D eigenvalue weighted by molar-refractivity contribution is -0.178. The fourth-order valence-electron chi connectivity index (χ4n) is 10.5. The van der Waals surface area contributed by atoms with E-state index >= 15 is 0 Å². The molecular weight excluding hydrogens is 376 g/mol. The lowest BCUT2D eigenvalue weighted by Gasteiger charge is -2.69. The van der Waals surface area contributed by atoms with Crippen LogP contribution in [-0.2, 0) is 0 Å².